The minimum Gasteiger partial charge on any atom is -0.369 e. The van der Waals surface area contributed by atoms with Crippen LogP contribution in [0.15, 0.2) is 12.7 Å². The molecule has 2 atom stereocenters. The third-order valence-electron chi connectivity index (χ3n) is 3.38. The Balaban J connectivity index is 1.88. The van der Waals surface area contributed by atoms with Gasteiger partial charge in [0.05, 0.1) is 12.2 Å². The van der Waals surface area contributed by atoms with Crippen molar-refractivity contribution in [2.24, 2.45) is 5.92 Å². The third kappa shape index (κ3) is 1.42. The van der Waals surface area contributed by atoms with Crippen LogP contribution < -0.4 is 0 Å². The molecule has 1 aliphatic heterocycles. The number of hydrogen-bond acceptors (Lipinski definition) is 1. The summed E-state index contributed by atoms with van der Waals surface area (Å²) >= 11 is 0. The molecule has 0 aromatic heterocycles. The molecule has 0 radical (unpaired) electrons. The molecule has 1 spiro atoms. The monoisotopic (exact) mass is 166 g/mol. The van der Waals surface area contributed by atoms with Gasteiger partial charge in [-0.2, -0.15) is 0 Å². The highest BCUT2D eigenvalue weighted by Gasteiger charge is 2.51. The van der Waals surface area contributed by atoms with E-state index in [2.05, 4.69) is 6.58 Å². The highest BCUT2D eigenvalue weighted by Crippen LogP contribution is 2.47. The molecule has 1 unspecified atom stereocenters. The fourth-order valence-electron chi connectivity index (χ4n) is 2.48. The Hall–Kier alpha value is -0.300. The van der Waals surface area contributed by atoms with E-state index in [9.17, 15) is 0 Å². The molecule has 2 fully saturated rings. The van der Waals surface area contributed by atoms with Gasteiger partial charge in [0.2, 0.25) is 0 Å². The van der Waals surface area contributed by atoms with E-state index in [0.717, 1.165) is 18.9 Å². The van der Waals surface area contributed by atoms with Crippen molar-refractivity contribution >= 4 is 0 Å². The van der Waals surface area contributed by atoms with Crippen LogP contribution in [0.2, 0.25) is 0 Å². The van der Waals surface area contributed by atoms with Gasteiger partial charge in [-0.1, -0.05) is 18.9 Å². The van der Waals surface area contributed by atoms with Crippen LogP contribution in [0.4, 0.5) is 0 Å². The molecular weight excluding hydrogens is 148 g/mol. The number of rotatable bonds is 3. The summed E-state index contributed by atoms with van der Waals surface area (Å²) in [6, 6.07) is 0. The highest BCUT2D eigenvalue weighted by atomic mass is 16.6. The van der Waals surface area contributed by atoms with Crippen molar-refractivity contribution < 1.29 is 4.74 Å². The zero-order valence-corrected chi connectivity index (χ0v) is 7.72. The second kappa shape index (κ2) is 3.21. The van der Waals surface area contributed by atoms with Crippen LogP contribution in [0, 0.1) is 5.92 Å². The molecule has 2 aliphatic rings. The molecule has 1 nitrogen and oxygen atoms in total. The van der Waals surface area contributed by atoms with E-state index in [1.807, 2.05) is 6.08 Å². The first kappa shape index (κ1) is 8.31. The summed E-state index contributed by atoms with van der Waals surface area (Å²) in [5.41, 5.74) is 0.348. The molecule has 0 amide bonds. The maximum Gasteiger partial charge on any atom is 0.0944 e. The Morgan fingerprint density at radius 2 is 2.33 bits per heavy atom. The molecule has 68 valence electrons. The van der Waals surface area contributed by atoms with Gasteiger partial charge in [0.1, 0.15) is 0 Å². The molecular formula is C11H18O. The molecule has 0 aromatic rings. The summed E-state index contributed by atoms with van der Waals surface area (Å²) < 4.78 is 5.61. The fraction of sp³-hybridized carbons (Fsp3) is 0.818. The van der Waals surface area contributed by atoms with E-state index in [1.54, 1.807) is 0 Å². The fourth-order valence-corrected chi connectivity index (χ4v) is 2.48. The summed E-state index contributed by atoms with van der Waals surface area (Å²) in [6.45, 7) is 4.81. The van der Waals surface area contributed by atoms with Gasteiger partial charge in [-0.05, 0) is 31.6 Å². The molecule has 1 saturated heterocycles. The zero-order chi connectivity index (χ0) is 8.44. The molecule has 1 heteroatoms. The van der Waals surface area contributed by atoms with E-state index in [0.29, 0.717) is 5.60 Å². The molecule has 1 heterocycles. The average Bonchev–Trinajstić information content (AvgIpc) is 2.85. The molecule has 0 aromatic carbocycles. The molecule has 2 rings (SSSR count). The summed E-state index contributed by atoms with van der Waals surface area (Å²) in [7, 11) is 0. The van der Waals surface area contributed by atoms with E-state index in [-0.39, 0.29) is 0 Å². The Bertz CT molecular complexity index is 170. The minimum atomic E-state index is 0.348. The van der Waals surface area contributed by atoms with Crippen LogP contribution in [0.5, 0.6) is 0 Å². The lowest BCUT2D eigenvalue weighted by atomic mass is 9.77. The van der Waals surface area contributed by atoms with Crippen molar-refractivity contribution in [3.05, 3.63) is 12.7 Å². The Labute approximate surface area is 74.8 Å². The molecule has 1 aliphatic carbocycles. The second-order valence-corrected chi connectivity index (χ2v) is 4.16. The van der Waals surface area contributed by atoms with Gasteiger partial charge in [0.15, 0.2) is 0 Å². The van der Waals surface area contributed by atoms with E-state index in [4.69, 9.17) is 4.74 Å². The first-order valence-electron chi connectivity index (χ1n) is 5.12. The summed E-state index contributed by atoms with van der Waals surface area (Å²) in [4.78, 5) is 0. The maximum atomic E-state index is 5.61. The summed E-state index contributed by atoms with van der Waals surface area (Å²) in [6.07, 6.45) is 9.98. The van der Waals surface area contributed by atoms with Gasteiger partial charge in [-0.3, -0.25) is 0 Å². The molecule has 0 bridgehead atoms. The summed E-state index contributed by atoms with van der Waals surface area (Å²) in [5.74, 6) is 0.837. The van der Waals surface area contributed by atoms with Crippen LogP contribution >= 0.6 is 0 Å². The first-order chi connectivity index (χ1) is 5.87. The number of ether oxygens (including phenoxy) is 1. The van der Waals surface area contributed by atoms with Gasteiger partial charge in [0, 0.05) is 0 Å². The maximum absolute atomic E-state index is 5.61. The Morgan fingerprint density at radius 1 is 1.50 bits per heavy atom. The highest BCUT2D eigenvalue weighted by molar-refractivity contribution is 5.00. The van der Waals surface area contributed by atoms with Gasteiger partial charge in [0.25, 0.3) is 0 Å². The van der Waals surface area contributed by atoms with Crippen molar-refractivity contribution in [1.29, 1.82) is 0 Å². The first-order valence-corrected chi connectivity index (χ1v) is 5.12. The normalized spacial score (nSPS) is 39.8. The number of hydrogen-bond donors (Lipinski definition) is 0. The molecule has 12 heavy (non-hydrogen) atoms. The van der Waals surface area contributed by atoms with Crippen LogP contribution in [0.25, 0.3) is 0 Å². The average molecular weight is 166 g/mol. The zero-order valence-electron chi connectivity index (χ0n) is 7.72. The predicted octanol–water partition coefficient (Wildman–Crippen LogP) is 2.91. The van der Waals surface area contributed by atoms with Gasteiger partial charge >= 0.3 is 0 Å². The quantitative estimate of drug-likeness (QED) is 0.464. The predicted molar refractivity (Wildman–Crippen MR) is 50.1 cm³/mol. The number of allylic oxidation sites excluding steroid dienone is 1. The van der Waals surface area contributed by atoms with Gasteiger partial charge in [-0.15, -0.1) is 6.58 Å². The lowest BCUT2D eigenvalue weighted by Crippen LogP contribution is -2.28. The topological polar surface area (TPSA) is 12.5 Å². The SMILES string of the molecule is C=CCC[C@@H]1CCCCC12CO2. The smallest absolute Gasteiger partial charge is 0.0944 e. The second-order valence-electron chi connectivity index (χ2n) is 4.16. The van der Waals surface area contributed by atoms with Gasteiger partial charge < -0.3 is 4.74 Å². The van der Waals surface area contributed by atoms with Crippen molar-refractivity contribution in [3.8, 4) is 0 Å². The van der Waals surface area contributed by atoms with Crippen LogP contribution in [0.1, 0.15) is 38.5 Å². The Morgan fingerprint density at radius 3 is 3.00 bits per heavy atom. The van der Waals surface area contributed by atoms with Crippen LogP contribution in [-0.4, -0.2) is 12.2 Å². The lowest BCUT2D eigenvalue weighted by molar-refractivity contribution is 0.152. The minimum absolute atomic E-state index is 0.348. The van der Waals surface area contributed by atoms with Crippen molar-refractivity contribution in [1.82, 2.24) is 0 Å². The Kier molecular flexibility index (Phi) is 2.22. The van der Waals surface area contributed by atoms with E-state index < -0.39 is 0 Å². The largest absolute Gasteiger partial charge is 0.369 e. The molecule has 0 N–H and O–H groups in total. The van der Waals surface area contributed by atoms with Gasteiger partial charge in [-0.25, -0.2) is 0 Å². The van der Waals surface area contributed by atoms with E-state index in [1.165, 1.54) is 32.1 Å². The van der Waals surface area contributed by atoms with Crippen LogP contribution in [0.3, 0.4) is 0 Å². The van der Waals surface area contributed by atoms with Crippen molar-refractivity contribution in [2.45, 2.75) is 44.1 Å². The third-order valence-corrected chi connectivity index (χ3v) is 3.38. The van der Waals surface area contributed by atoms with Crippen molar-refractivity contribution in [2.75, 3.05) is 6.61 Å². The van der Waals surface area contributed by atoms with Crippen molar-refractivity contribution in [3.63, 3.8) is 0 Å². The molecule has 1 saturated carbocycles. The summed E-state index contributed by atoms with van der Waals surface area (Å²) in [5, 5.41) is 0. The standard InChI is InChI=1S/C11H18O/c1-2-3-6-10-7-4-5-8-11(10)9-12-11/h2,10H,1,3-9H2/t10-,11?/m1/s1. The number of epoxide rings is 1. The lowest BCUT2D eigenvalue weighted by Gasteiger charge is -2.28. The van der Waals surface area contributed by atoms with Crippen LogP contribution in [-0.2, 0) is 4.74 Å². The van der Waals surface area contributed by atoms with E-state index >= 15 is 0 Å².